The molecule has 2 atom stereocenters. The smallest absolute Gasteiger partial charge is 0.0579 e. The summed E-state index contributed by atoms with van der Waals surface area (Å²) < 4.78 is 49.7. The zero-order valence-electron chi connectivity index (χ0n) is 18.3. The SMILES string of the molecule is CC(CCOCC1COc2[c]([Sn]([CH3])([CH3])[CH3])sc(Br)c2O1)S(=O)(=O)OCC(C)(C)C. The average Bonchev–Trinajstić information content (AvgIpc) is 2.93. The van der Waals surface area contributed by atoms with Crippen LogP contribution >= 0.6 is 27.3 Å². The number of hydrogen-bond acceptors (Lipinski definition) is 7. The molecule has 0 bridgehead atoms. The van der Waals surface area contributed by atoms with Crippen LogP contribution in [0.25, 0.3) is 0 Å². The van der Waals surface area contributed by atoms with Crippen molar-refractivity contribution in [3.8, 4) is 11.5 Å². The van der Waals surface area contributed by atoms with E-state index in [0.717, 1.165) is 15.3 Å². The average molecular weight is 620 g/mol. The topological polar surface area (TPSA) is 71.1 Å². The Labute approximate surface area is 191 Å². The third-order valence-corrected chi connectivity index (χ3v) is 17.1. The second-order valence-electron chi connectivity index (χ2n) is 9.65. The molecule has 0 fully saturated rings. The van der Waals surface area contributed by atoms with E-state index in [0.29, 0.717) is 26.2 Å². The van der Waals surface area contributed by atoms with Crippen molar-refractivity contribution in [3.05, 3.63) is 3.79 Å². The zero-order chi connectivity index (χ0) is 22.0. The van der Waals surface area contributed by atoms with Gasteiger partial charge in [0.05, 0.1) is 6.61 Å². The molecule has 0 aliphatic carbocycles. The molecule has 0 radical (unpaired) electrons. The van der Waals surface area contributed by atoms with E-state index in [1.165, 1.54) is 2.89 Å². The van der Waals surface area contributed by atoms with Gasteiger partial charge in [-0.15, -0.1) is 0 Å². The molecule has 2 rings (SSSR count). The Hall–Kier alpha value is 0.449. The van der Waals surface area contributed by atoms with Crippen LogP contribution in [0.2, 0.25) is 14.8 Å². The molecule has 0 saturated heterocycles. The summed E-state index contributed by atoms with van der Waals surface area (Å²) in [5.41, 5.74) is -0.201. The van der Waals surface area contributed by atoms with Crippen LogP contribution in [-0.2, 0) is 19.0 Å². The number of thiophene rings is 1. The molecule has 0 amide bonds. The van der Waals surface area contributed by atoms with Crippen LogP contribution in [0.4, 0.5) is 0 Å². The van der Waals surface area contributed by atoms with E-state index < -0.39 is 33.7 Å². The fourth-order valence-electron chi connectivity index (χ4n) is 2.54. The minimum atomic E-state index is -3.59. The Morgan fingerprint density at radius 3 is 2.52 bits per heavy atom. The van der Waals surface area contributed by atoms with Crippen molar-refractivity contribution >= 4 is 58.7 Å². The molecule has 0 spiro atoms. The van der Waals surface area contributed by atoms with Gasteiger partial charge in [-0.3, -0.25) is 0 Å². The molecule has 1 aromatic heterocycles. The van der Waals surface area contributed by atoms with Crippen molar-refractivity contribution < 1.29 is 26.8 Å². The normalized spacial score (nSPS) is 18.7. The second kappa shape index (κ2) is 9.93. The van der Waals surface area contributed by atoms with Gasteiger partial charge in [-0.25, -0.2) is 0 Å². The summed E-state index contributed by atoms with van der Waals surface area (Å²) in [6.07, 6.45) is 0.163. The van der Waals surface area contributed by atoms with E-state index >= 15 is 0 Å². The third-order valence-electron chi connectivity index (χ3n) is 4.28. The Morgan fingerprint density at radius 1 is 1.28 bits per heavy atom. The summed E-state index contributed by atoms with van der Waals surface area (Å²) in [4.78, 5) is 7.06. The van der Waals surface area contributed by atoms with Crippen molar-refractivity contribution in [1.82, 2.24) is 0 Å². The molecule has 2 unspecified atom stereocenters. The molecule has 1 aliphatic heterocycles. The van der Waals surface area contributed by atoms with Crippen LogP contribution in [0.3, 0.4) is 0 Å². The summed E-state index contributed by atoms with van der Waals surface area (Å²) in [5.74, 6) is 1.68. The number of halogens is 1. The molecular weight excluding hydrogens is 587 g/mol. The van der Waals surface area contributed by atoms with Gasteiger partial charge in [0, 0.05) is 0 Å². The summed E-state index contributed by atoms with van der Waals surface area (Å²) in [5, 5.41) is -0.618. The van der Waals surface area contributed by atoms with Crippen molar-refractivity contribution in [2.24, 2.45) is 5.41 Å². The predicted octanol–water partition coefficient (Wildman–Crippen LogP) is 4.38. The quantitative estimate of drug-likeness (QED) is 0.232. The second-order valence-corrected chi connectivity index (χ2v) is 29.3. The first-order valence-corrected chi connectivity index (χ1v) is 22.9. The van der Waals surface area contributed by atoms with Gasteiger partial charge in [0.25, 0.3) is 0 Å². The molecule has 10 heteroatoms. The fourth-order valence-corrected chi connectivity index (χ4v) is 12.6. The maximum absolute atomic E-state index is 12.2. The Morgan fingerprint density at radius 2 is 1.93 bits per heavy atom. The van der Waals surface area contributed by atoms with Gasteiger partial charge < -0.3 is 0 Å². The van der Waals surface area contributed by atoms with E-state index in [1.807, 2.05) is 20.8 Å². The maximum atomic E-state index is 12.2. The molecule has 2 heterocycles. The number of hydrogen-bond donors (Lipinski definition) is 0. The van der Waals surface area contributed by atoms with E-state index in [-0.39, 0.29) is 18.1 Å². The van der Waals surface area contributed by atoms with Gasteiger partial charge in [-0.2, -0.15) is 0 Å². The van der Waals surface area contributed by atoms with Gasteiger partial charge in [0.2, 0.25) is 0 Å². The minimum Gasteiger partial charge on any atom is -0.0579 e. The number of rotatable bonds is 9. The standard InChI is InChI=1S/C16H24BrO6S2.3CH3.Sn/c1-11(25(18,19)22-10-16(2,3)4)5-6-20-7-12-8-21-13-9-24-15(17)14(13)23-12;;;;/h11-12H,5-8,10H2,1-4H3;3*1H3;. The van der Waals surface area contributed by atoms with Crippen LogP contribution in [0.15, 0.2) is 3.79 Å². The molecular formula is C19H33BrO6S2Sn. The van der Waals surface area contributed by atoms with Crippen molar-refractivity contribution in [2.45, 2.75) is 60.3 Å². The fraction of sp³-hybridized carbons (Fsp3) is 0.789. The van der Waals surface area contributed by atoms with E-state index in [1.54, 1.807) is 18.3 Å². The molecule has 168 valence electrons. The van der Waals surface area contributed by atoms with Crippen molar-refractivity contribution in [1.29, 1.82) is 0 Å². The number of ether oxygens (including phenoxy) is 3. The molecule has 0 saturated carbocycles. The summed E-state index contributed by atoms with van der Waals surface area (Å²) in [6.45, 7) is 8.75. The predicted molar refractivity (Wildman–Crippen MR) is 124 cm³/mol. The van der Waals surface area contributed by atoms with Gasteiger partial charge >= 0.3 is 160 Å². The first-order valence-electron chi connectivity index (χ1n) is 9.79. The Kier molecular flexibility index (Phi) is 8.81. The molecule has 0 N–H and O–H groups in total. The Balaban J connectivity index is 1.81. The first kappa shape index (κ1) is 25.7. The number of fused-ring (bicyclic) bond motifs is 1. The zero-order valence-corrected chi connectivity index (χ0v) is 24.4. The van der Waals surface area contributed by atoms with Crippen LogP contribution in [0, 0.1) is 5.41 Å². The minimum absolute atomic E-state index is 0.173. The van der Waals surface area contributed by atoms with Gasteiger partial charge in [-0.1, -0.05) is 20.8 Å². The van der Waals surface area contributed by atoms with Crippen LogP contribution in [0.1, 0.15) is 34.1 Å². The van der Waals surface area contributed by atoms with Crippen LogP contribution < -0.4 is 12.4 Å². The summed E-state index contributed by atoms with van der Waals surface area (Å²) in [6, 6.07) is 0. The van der Waals surface area contributed by atoms with E-state index in [4.69, 9.17) is 18.4 Å². The molecule has 6 nitrogen and oxygen atoms in total. The van der Waals surface area contributed by atoms with Gasteiger partial charge in [-0.05, 0) is 5.41 Å². The Bertz CT molecular complexity index is 795. The monoisotopic (exact) mass is 620 g/mol. The summed E-state index contributed by atoms with van der Waals surface area (Å²) in [7, 11) is -3.59. The van der Waals surface area contributed by atoms with Gasteiger partial charge in [0.1, 0.15) is 0 Å². The third kappa shape index (κ3) is 7.52. The molecule has 1 aliphatic rings. The van der Waals surface area contributed by atoms with E-state index in [9.17, 15) is 8.42 Å². The van der Waals surface area contributed by atoms with Crippen LogP contribution in [-0.4, -0.2) is 64.6 Å². The molecule has 0 aromatic carbocycles. The van der Waals surface area contributed by atoms with Crippen LogP contribution in [0.5, 0.6) is 11.5 Å². The van der Waals surface area contributed by atoms with E-state index in [2.05, 4.69) is 30.7 Å². The first-order chi connectivity index (χ1) is 13.2. The molecule has 1 aromatic rings. The van der Waals surface area contributed by atoms with Gasteiger partial charge in [0.15, 0.2) is 0 Å². The molecule has 29 heavy (non-hydrogen) atoms. The van der Waals surface area contributed by atoms with Crippen molar-refractivity contribution in [2.75, 3.05) is 26.4 Å². The van der Waals surface area contributed by atoms with Crippen molar-refractivity contribution in [3.63, 3.8) is 0 Å². The summed E-state index contributed by atoms with van der Waals surface area (Å²) >= 11 is 3.05.